The number of halogens is 2. The van der Waals surface area contributed by atoms with E-state index in [4.69, 9.17) is 5.26 Å². The molecule has 1 aliphatic rings. The molecule has 0 radical (unpaired) electrons. The fraction of sp³-hybridized carbons (Fsp3) is 0.462. The van der Waals surface area contributed by atoms with Crippen LogP contribution in [0.3, 0.4) is 0 Å². The van der Waals surface area contributed by atoms with Gasteiger partial charge in [-0.25, -0.2) is 4.39 Å². The number of nitrogens with zero attached hydrogens (tertiary/aromatic N) is 3. The molecule has 0 bridgehead atoms. The molecule has 0 aliphatic carbocycles. The van der Waals surface area contributed by atoms with Crippen molar-refractivity contribution >= 4 is 21.6 Å². The van der Waals surface area contributed by atoms with E-state index in [0.29, 0.717) is 11.3 Å². The first kappa shape index (κ1) is 13.3. The normalized spacial score (nSPS) is 20.8. The Morgan fingerprint density at radius 2 is 2.17 bits per heavy atom. The molecular weight excluding hydrogens is 297 g/mol. The first-order valence-electron chi connectivity index (χ1n) is 5.88. The van der Waals surface area contributed by atoms with E-state index in [1.54, 1.807) is 12.1 Å². The van der Waals surface area contributed by atoms with Crippen LogP contribution >= 0.6 is 15.9 Å². The topological polar surface area (TPSA) is 30.3 Å². The average Bonchev–Trinajstić information content (AvgIpc) is 2.34. The maximum absolute atomic E-state index is 14.3. The largest absolute Gasteiger partial charge is 0.364 e. The summed E-state index contributed by atoms with van der Waals surface area (Å²) >= 11 is 3.16. The Balaban J connectivity index is 2.35. The Labute approximate surface area is 115 Å². The third-order valence-electron chi connectivity index (χ3n) is 3.32. The summed E-state index contributed by atoms with van der Waals surface area (Å²) < 4.78 is 14.5. The Morgan fingerprint density at radius 3 is 2.78 bits per heavy atom. The van der Waals surface area contributed by atoms with Crippen LogP contribution in [0.5, 0.6) is 0 Å². The van der Waals surface area contributed by atoms with E-state index in [1.807, 2.05) is 6.07 Å². The van der Waals surface area contributed by atoms with Gasteiger partial charge in [-0.1, -0.05) is 0 Å². The summed E-state index contributed by atoms with van der Waals surface area (Å²) in [7, 11) is 2.07. The minimum atomic E-state index is -0.342. The third kappa shape index (κ3) is 2.36. The smallest absolute Gasteiger partial charge is 0.161 e. The highest BCUT2D eigenvalue weighted by Crippen LogP contribution is 2.31. The van der Waals surface area contributed by atoms with Gasteiger partial charge in [0.15, 0.2) is 5.82 Å². The Morgan fingerprint density at radius 1 is 1.44 bits per heavy atom. The van der Waals surface area contributed by atoms with Crippen molar-refractivity contribution < 1.29 is 4.39 Å². The van der Waals surface area contributed by atoms with Crippen molar-refractivity contribution in [3.8, 4) is 6.07 Å². The van der Waals surface area contributed by atoms with E-state index in [1.165, 1.54) is 0 Å². The van der Waals surface area contributed by atoms with Crippen LogP contribution in [-0.2, 0) is 0 Å². The van der Waals surface area contributed by atoms with Crippen LogP contribution < -0.4 is 4.90 Å². The molecule has 1 aromatic carbocycles. The zero-order valence-electron chi connectivity index (χ0n) is 10.5. The molecule has 0 spiro atoms. The summed E-state index contributed by atoms with van der Waals surface area (Å²) in [5.41, 5.74) is 0.902. The Kier molecular flexibility index (Phi) is 3.88. The van der Waals surface area contributed by atoms with E-state index in [0.717, 1.165) is 19.6 Å². The second-order valence-corrected chi connectivity index (χ2v) is 5.47. The molecule has 1 aliphatic heterocycles. The van der Waals surface area contributed by atoms with E-state index in [9.17, 15) is 4.39 Å². The lowest BCUT2D eigenvalue weighted by molar-refractivity contribution is 0.274. The highest BCUT2D eigenvalue weighted by molar-refractivity contribution is 9.10. The molecule has 1 atom stereocenters. The summed E-state index contributed by atoms with van der Waals surface area (Å²) in [5, 5.41) is 8.86. The van der Waals surface area contributed by atoms with Gasteiger partial charge in [0, 0.05) is 25.7 Å². The number of hydrogen-bond acceptors (Lipinski definition) is 3. The zero-order chi connectivity index (χ0) is 13.3. The number of anilines is 1. The zero-order valence-corrected chi connectivity index (χ0v) is 12.0. The van der Waals surface area contributed by atoms with E-state index >= 15 is 0 Å². The summed E-state index contributed by atoms with van der Waals surface area (Å²) in [4.78, 5) is 4.29. The standard InChI is InChI=1S/C13H15BrFN3/c1-9-8-17(2)5-6-18(9)11-4-3-10(7-16)12(14)13(11)15/h3-4,9H,5-6,8H2,1-2H3. The molecule has 1 fully saturated rings. The molecule has 1 unspecified atom stereocenters. The van der Waals surface area contributed by atoms with Gasteiger partial charge in [0.2, 0.25) is 0 Å². The highest BCUT2D eigenvalue weighted by Gasteiger charge is 2.25. The Bertz CT molecular complexity index is 498. The lowest BCUT2D eigenvalue weighted by Crippen LogP contribution is -2.50. The van der Waals surface area contributed by atoms with Crippen LogP contribution in [0.25, 0.3) is 0 Å². The molecule has 5 heteroatoms. The van der Waals surface area contributed by atoms with Crippen LogP contribution in [0, 0.1) is 17.1 Å². The second-order valence-electron chi connectivity index (χ2n) is 4.68. The predicted octanol–water partition coefficient (Wildman–Crippen LogP) is 2.60. The second kappa shape index (κ2) is 5.25. The van der Waals surface area contributed by atoms with Crippen LogP contribution in [0.4, 0.5) is 10.1 Å². The van der Waals surface area contributed by atoms with Crippen molar-refractivity contribution in [1.29, 1.82) is 5.26 Å². The van der Waals surface area contributed by atoms with Gasteiger partial charge >= 0.3 is 0 Å². The molecule has 1 saturated heterocycles. The summed E-state index contributed by atoms with van der Waals surface area (Å²) in [6.45, 7) is 4.71. The predicted molar refractivity (Wildman–Crippen MR) is 73.1 cm³/mol. The molecule has 1 heterocycles. The number of rotatable bonds is 1. The lowest BCUT2D eigenvalue weighted by Gasteiger charge is -2.40. The maximum atomic E-state index is 14.3. The van der Waals surface area contributed by atoms with Gasteiger partial charge in [0.05, 0.1) is 15.7 Å². The van der Waals surface area contributed by atoms with E-state index in [-0.39, 0.29) is 16.3 Å². The third-order valence-corrected chi connectivity index (χ3v) is 4.10. The maximum Gasteiger partial charge on any atom is 0.161 e. The van der Waals surface area contributed by atoms with Crippen molar-refractivity contribution in [1.82, 2.24) is 4.90 Å². The molecule has 0 aromatic heterocycles. The van der Waals surface area contributed by atoms with Gasteiger partial charge in [0.1, 0.15) is 6.07 Å². The van der Waals surface area contributed by atoms with Crippen LogP contribution in [0.2, 0.25) is 0 Å². The first-order valence-corrected chi connectivity index (χ1v) is 6.67. The van der Waals surface area contributed by atoms with Crippen LogP contribution in [0.1, 0.15) is 12.5 Å². The van der Waals surface area contributed by atoms with Crippen molar-refractivity contribution in [3.05, 3.63) is 28.0 Å². The Hall–Kier alpha value is -1.12. The van der Waals surface area contributed by atoms with Gasteiger partial charge in [-0.2, -0.15) is 5.26 Å². The number of nitriles is 1. The molecule has 3 nitrogen and oxygen atoms in total. The highest BCUT2D eigenvalue weighted by atomic mass is 79.9. The summed E-state index contributed by atoms with van der Waals surface area (Å²) in [6.07, 6.45) is 0. The molecule has 0 amide bonds. The summed E-state index contributed by atoms with van der Waals surface area (Å²) in [6, 6.07) is 5.59. The average molecular weight is 312 g/mol. The summed E-state index contributed by atoms with van der Waals surface area (Å²) in [5.74, 6) is -0.342. The van der Waals surface area contributed by atoms with E-state index in [2.05, 4.69) is 39.7 Å². The van der Waals surface area contributed by atoms with Crippen molar-refractivity contribution in [2.45, 2.75) is 13.0 Å². The van der Waals surface area contributed by atoms with Gasteiger partial charge in [-0.3, -0.25) is 0 Å². The van der Waals surface area contributed by atoms with Gasteiger partial charge < -0.3 is 9.80 Å². The minimum absolute atomic E-state index is 0.258. The quantitative estimate of drug-likeness (QED) is 0.798. The molecule has 18 heavy (non-hydrogen) atoms. The van der Waals surface area contributed by atoms with Gasteiger partial charge in [-0.05, 0) is 42.0 Å². The van der Waals surface area contributed by atoms with Crippen molar-refractivity contribution in [2.24, 2.45) is 0 Å². The van der Waals surface area contributed by atoms with Crippen molar-refractivity contribution in [3.63, 3.8) is 0 Å². The number of hydrogen-bond donors (Lipinski definition) is 0. The molecule has 1 aromatic rings. The lowest BCUT2D eigenvalue weighted by atomic mass is 10.1. The molecule has 0 saturated carbocycles. The molecule has 0 N–H and O–H groups in total. The van der Waals surface area contributed by atoms with Crippen LogP contribution in [0.15, 0.2) is 16.6 Å². The molecule has 96 valence electrons. The molecule has 2 rings (SSSR count). The minimum Gasteiger partial charge on any atom is -0.364 e. The van der Waals surface area contributed by atoms with Crippen LogP contribution in [-0.4, -0.2) is 37.6 Å². The first-order chi connectivity index (χ1) is 8.54. The number of piperazine rings is 1. The van der Waals surface area contributed by atoms with E-state index < -0.39 is 0 Å². The molecular formula is C13H15BrFN3. The monoisotopic (exact) mass is 311 g/mol. The van der Waals surface area contributed by atoms with Gasteiger partial charge in [-0.15, -0.1) is 0 Å². The van der Waals surface area contributed by atoms with Gasteiger partial charge in [0.25, 0.3) is 0 Å². The number of likely N-dealkylation sites (N-methyl/N-ethyl adjacent to an activating group) is 1. The fourth-order valence-electron chi connectivity index (χ4n) is 2.35. The van der Waals surface area contributed by atoms with Crippen molar-refractivity contribution in [2.75, 3.05) is 31.6 Å². The SMILES string of the molecule is CC1CN(C)CCN1c1ccc(C#N)c(Br)c1F. The fourth-order valence-corrected chi connectivity index (χ4v) is 2.77. The number of benzene rings is 1.